The molecule has 0 aliphatic carbocycles. The van der Waals surface area contributed by atoms with Gasteiger partial charge in [-0.05, 0) is 42.3 Å². The highest BCUT2D eigenvalue weighted by Crippen LogP contribution is 2.24. The number of pyridine rings is 1. The fourth-order valence-corrected chi connectivity index (χ4v) is 2.88. The van der Waals surface area contributed by atoms with Crippen LogP contribution < -0.4 is 9.64 Å². The molecule has 164 valence electrons. The molecule has 2 aromatic carbocycles. The number of methoxy groups -OCH3 is 1. The molecule has 9 heteroatoms. The van der Waals surface area contributed by atoms with Crippen molar-refractivity contribution in [2.75, 3.05) is 19.1 Å². The van der Waals surface area contributed by atoms with Crippen LogP contribution in [0.15, 0.2) is 66.9 Å². The number of anilines is 1. The maximum absolute atomic E-state index is 12.5. The first kappa shape index (κ1) is 22.4. The standard InChI is InChI=1S/C23H21N3O6/c1-25(23(28)32-20-10-8-18(9-11-20)26(29)30)19-5-3-4-17(14-19)21-12-6-16(15-24-21)7-13-22(27)31-2/h3-6,8-12,14-15H,7,13H2,1-2H3. The van der Waals surface area contributed by atoms with E-state index in [4.69, 9.17) is 4.74 Å². The minimum Gasteiger partial charge on any atom is -0.469 e. The SMILES string of the molecule is COC(=O)CCc1ccc(-c2cccc(N(C)C(=O)Oc3ccc([N+](=O)[O-])cc3)c2)nc1. The molecule has 0 bridgehead atoms. The summed E-state index contributed by atoms with van der Waals surface area (Å²) in [7, 11) is 2.92. The zero-order valence-electron chi connectivity index (χ0n) is 17.6. The molecule has 0 saturated carbocycles. The van der Waals surface area contributed by atoms with Gasteiger partial charge in [0.05, 0.1) is 17.7 Å². The summed E-state index contributed by atoms with van der Waals surface area (Å²) in [5.41, 5.74) is 2.93. The second-order valence-corrected chi connectivity index (χ2v) is 6.86. The molecule has 0 spiro atoms. The molecule has 3 aromatic rings. The van der Waals surface area contributed by atoms with E-state index in [0.717, 1.165) is 11.1 Å². The second kappa shape index (κ2) is 10.2. The number of hydrogen-bond acceptors (Lipinski definition) is 7. The Kier molecular flexibility index (Phi) is 7.12. The number of carbonyl (C=O) groups excluding carboxylic acids is 2. The van der Waals surface area contributed by atoms with Crippen LogP contribution in [0.1, 0.15) is 12.0 Å². The molecule has 1 aromatic heterocycles. The van der Waals surface area contributed by atoms with E-state index in [1.165, 1.54) is 36.3 Å². The fraction of sp³-hybridized carbons (Fsp3) is 0.174. The Bertz CT molecular complexity index is 1110. The molecule has 1 heterocycles. The first-order valence-corrected chi connectivity index (χ1v) is 9.69. The number of hydrogen-bond donors (Lipinski definition) is 0. The summed E-state index contributed by atoms with van der Waals surface area (Å²) in [4.78, 5) is 39.8. The van der Waals surface area contributed by atoms with Gasteiger partial charge in [0.2, 0.25) is 0 Å². The lowest BCUT2D eigenvalue weighted by molar-refractivity contribution is -0.384. The third kappa shape index (κ3) is 5.66. The summed E-state index contributed by atoms with van der Waals surface area (Å²) in [5, 5.41) is 10.7. The molecule has 0 N–H and O–H groups in total. The van der Waals surface area contributed by atoms with Crippen molar-refractivity contribution in [2.24, 2.45) is 0 Å². The predicted octanol–water partition coefficient (Wildman–Crippen LogP) is 4.40. The topological polar surface area (TPSA) is 112 Å². The van der Waals surface area contributed by atoms with Gasteiger partial charge in [-0.1, -0.05) is 18.2 Å². The van der Waals surface area contributed by atoms with Gasteiger partial charge in [0, 0.05) is 43.0 Å². The summed E-state index contributed by atoms with van der Waals surface area (Å²) in [6.45, 7) is 0. The Morgan fingerprint density at radius 2 is 1.84 bits per heavy atom. The molecule has 0 aliphatic rings. The second-order valence-electron chi connectivity index (χ2n) is 6.86. The summed E-state index contributed by atoms with van der Waals surface area (Å²) in [5.74, 6) is -0.0711. The van der Waals surface area contributed by atoms with Gasteiger partial charge in [-0.3, -0.25) is 24.8 Å². The number of rotatable bonds is 7. The van der Waals surface area contributed by atoms with Gasteiger partial charge >= 0.3 is 12.1 Å². The van der Waals surface area contributed by atoms with Crippen LogP contribution in [-0.4, -0.2) is 36.1 Å². The van der Waals surface area contributed by atoms with Crippen molar-refractivity contribution in [3.63, 3.8) is 0 Å². The Hall–Kier alpha value is -4.27. The quantitative estimate of drug-likeness (QED) is 0.307. The molecule has 9 nitrogen and oxygen atoms in total. The van der Waals surface area contributed by atoms with Gasteiger partial charge in [0.1, 0.15) is 5.75 Å². The van der Waals surface area contributed by atoms with Crippen molar-refractivity contribution in [2.45, 2.75) is 12.8 Å². The van der Waals surface area contributed by atoms with E-state index in [1.807, 2.05) is 18.2 Å². The molecule has 1 amide bonds. The van der Waals surface area contributed by atoms with Crippen molar-refractivity contribution < 1.29 is 24.0 Å². The van der Waals surface area contributed by atoms with Gasteiger partial charge in [0.25, 0.3) is 5.69 Å². The van der Waals surface area contributed by atoms with Gasteiger partial charge in [0.15, 0.2) is 0 Å². The van der Waals surface area contributed by atoms with Crippen LogP contribution in [0.4, 0.5) is 16.2 Å². The predicted molar refractivity (Wildman–Crippen MR) is 118 cm³/mol. The lowest BCUT2D eigenvalue weighted by atomic mass is 10.1. The number of carbonyl (C=O) groups is 2. The van der Waals surface area contributed by atoms with Gasteiger partial charge in [-0.2, -0.15) is 0 Å². The minimum atomic E-state index is -0.637. The van der Waals surface area contributed by atoms with Crippen LogP contribution in [0.3, 0.4) is 0 Å². The highest BCUT2D eigenvalue weighted by Gasteiger charge is 2.15. The minimum absolute atomic E-state index is 0.0883. The van der Waals surface area contributed by atoms with E-state index < -0.39 is 11.0 Å². The van der Waals surface area contributed by atoms with Crippen LogP contribution in [0.25, 0.3) is 11.3 Å². The molecule has 0 radical (unpaired) electrons. The zero-order chi connectivity index (χ0) is 23.1. The molecule has 32 heavy (non-hydrogen) atoms. The Labute approximate surface area is 184 Å². The molecule has 0 aliphatic heterocycles. The largest absolute Gasteiger partial charge is 0.469 e. The number of nitro benzene ring substituents is 1. The van der Waals surface area contributed by atoms with Crippen LogP contribution in [0, 0.1) is 10.1 Å². The number of amides is 1. The lowest BCUT2D eigenvalue weighted by Crippen LogP contribution is -2.29. The normalized spacial score (nSPS) is 10.3. The Morgan fingerprint density at radius 3 is 2.47 bits per heavy atom. The highest BCUT2D eigenvalue weighted by molar-refractivity contribution is 5.89. The maximum Gasteiger partial charge on any atom is 0.419 e. The number of nitrogens with zero attached hydrogens (tertiary/aromatic N) is 3. The first-order valence-electron chi connectivity index (χ1n) is 9.69. The van der Waals surface area contributed by atoms with Crippen LogP contribution >= 0.6 is 0 Å². The van der Waals surface area contributed by atoms with Crippen molar-refractivity contribution in [3.8, 4) is 17.0 Å². The third-order valence-electron chi connectivity index (χ3n) is 4.73. The highest BCUT2D eigenvalue weighted by atomic mass is 16.6. The van der Waals surface area contributed by atoms with Crippen LogP contribution in [0.5, 0.6) is 5.75 Å². The number of esters is 1. The molecular weight excluding hydrogens is 414 g/mol. The van der Waals surface area contributed by atoms with Crippen molar-refractivity contribution in [1.82, 2.24) is 4.98 Å². The number of ether oxygens (including phenoxy) is 2. The Balaban J connectivity index is 1.68. The van der Waals surface area contributed by atoms with Crippen LogP contribution in [0.2, 0.25) is 0 Å². The Morgan fingerprint density at radius 1 is 1.09 bits per heavy atom. The average molecular weight is 435 g/mol. The first-order chi connectivity index (χ1) is 15.4. The van der Waals surface area contributed by atoms with Gasteiger partial charge < -0.3 is 9.47 Å². The summed E-state index contributed by atoms with van der Waals surface area (Å²) >= 11 is 0. The number of aryl methyl sites for hydroxylation is 1. The summed E-state index contributed by atoms with van der Waals surface area (Å²) in [6.07, 6.45) is 1.89. The molecule has 0 fully saturated rings. The number of benzene rings is 2. The molecule has 0 atom stereocenters. The van der Waals surface area contributed by atoms with E-state index in [1.54, 1.807) is 31.4 Å². The van der Waals surface area contributed by atoms with Crippen LogP contribution in [-0.2, 0) is 16.0 Å². The monoisotopic (exact) mass is 435 g/mol. The van der Waals surface area contributed by atoms with Crippen molar-refractivity contribution >= 4 is 23.4 Å². The van der Waals surface area contributed by atoms with Crippen molar-refractivity contribution in [1.29, 1.82) is 0 Å². The van der Waals surface area contributed by atoms with Gasteiger partial charge in [-0.15, -0.1) is 0 Å². The smallest absolute Gasteiger partial charge is 0.419 e. The number of non-ortho nitro benzene ring substituents is 1. The number of aromatic nitrogens is 1. The summed E-state index contributed by atoms with van der Waals surface area (Å²) < 4.78 is 9.94. The van der Waals surface area contributed by atoms with Crippen molar-refractivity contribution in [3.05, 3.63) is 82.5 Å². The van der Waals surface area contributed by atoms with E-state index >= 15 is 0 Å². The summed E-state index contributed by atoms with van der Waals surface area (Å²) in [6, 6.07) is 16.2. The zero-order valence-corrected chi connectivity index (χ0v) is 17.6. The van der Waals surface area contributed by atoms with Gasteiger partial charge in [-0.25, -0.2) is 4.79 Å². The fourth-order valence-electron chi connectivity index (χ4n) is 2.88. The third-order valence-corrected chi connectivity index (χ3v) is 4.73. The average Bonchev–Trinajstić information content (AvgIpc) is 2.82. The van der Waals surface area contributed by atoms with E-state index in [2.05, 4.69) is 9.72 Å². The van der Waals surface area contributed by atoms with E-state index in [0.29, 0.717) is 17.8 Å². The molecule has 0 unspecified atom stereocenters. The maximum atomic E-state index is 12.5. The number of nitro groups is 1. The van der Waals surface area contributed by atoms with E-state index in [-0.39, 0.29) is 23.8 Å². The molecular formula is C23H21N3O6. The van der Waals surface area contributed by atoms with E-state index in [9.17, 15) is 19.7 Å². The molecule has 3 rings (SSSR count). The molecule has 0 saturated heterocycles. The lowest BCUT2D eigenvalue weighted by Gasteiger charge is -2.17.